The molecule has 0 radical (unpaired) electrons. The van der Waals surface area contributed by atoms with E-state index in [1.807, 2.05) is 67.8 Å². The van der Waals surface area contributed by atoms with E-state index in [-0.39, 0.29) is 17.9 Å². The summed E-state index contributed by atoms with van der Waals surface area (Å²) in [7, 11) is 1.35. The van der Waals surface area contributed by atoms with Crippen molar-refractivity contribution in [1.82, 2.24) is 14.9 Å². The minimum Gasteiger partial charge on any atom is -0.465 e. The number of hydrogen-bond donors (Lipinski definition) is 1. The molecule has 5 rings (SSSR count). The molecule has 0 fully saturated rings. The maximum atomic E-state index is 13.4. The Morgan fingerprint density at radius 3 is 2.41 bits per heavy atom. The maximum Gasteiger partial charge on any atom is 0.337 e. The number of nitrogens with zero attached hydrogens (tertiary/aromatic N) is 2. The van der Waals surface area contributed by atoms with E-state index in [1.165, 1.54) is 7.11 Å². The summed E-state index contributed by atoms with van der Waals surface area (Å²) in [5, 5.41) is 4.11. The van der Waals surface area contributed by atoms with Crippen molar-refractivity contribution < 1.29 is 14.3 Å². The number of carbonyl (C=O) groups is 2. The lowest BCUT2D eigenvalue weighted by Gasteiger charge is -2.16. The number of benzene rings is 3. The van der Waals surface area contributed by atoms with Gasteiger partial charge in [0.1, 0.15) is 0 Å². The smallest absolute Gasteiger partial charge is 0.337 e. The molecular formula is C31H27N3O3. The Hall–Kier alpha value is -4.71. The molecule has 0 bridgehead atoms. The van der Waals surface area contributed by atoms with Crippen LogP contribution in [0.2, 0.25) is 0 Å². The van der Waals surface area contributed by atoms with E-state index >= 15 is 0 Å². The van der Waals surface area contributed by atoms with Gasteiger partial charge in [-0.15, -0.1) is 0 Å². The van der Waals surface area contributed by atoms with Gasteiger partial charge in [-0.25, -0.2) is 4.79 Å². The number of fused-ring (bicyclic) bond motifs is 1. The van der Waals surface area contributed by atoms with Crippen LogP contribution in [-0.4, -0.2) is 28.5 Å². The van der Waals surface area contributed by atoms with Gasteiger partial charge in [0.15, 0.2) is 0 Å². The Bertz CT molecular complexity index is 1540. The lowest BCUT2D eigenvalue weighted by molar-refractivity contribution is 0.0600. The number of hydrogen-bond acceptors (Lipinski definition) is 4. The van der Waals surface area contributed by atoms with Crippen LogP contribution in [0.4, 0.5) is 0 Å². The maximum absolute atomic E-state index is 13.4. The predicted molar refractivity (Wildman–Crippen MR) is 144 cm³/mol. The summed E-state index contributed by atoms with van der Waals surface area (Å²) in [6.45, 7) is 2.57. The number of ether oxygens (including phenoxy) is 1. The SMILES string of the molecule is COC(=O)c1ccc([C@H](C)NC(=O)c2cccc3ccn(Cc4ccc(-c5cccnc5)cc4)c23)cc1. The van der Waals surface area contributed by atoms with Gasteiger partial charge in [0.05, 0.1) is 29.8 Å². The third kappa shape index (κ3) is 5.14. The minimum absolute atomic E-state index is 0.151. The molecule has 0 aliphatic rings. The van der Waals surface area contributed by atoms with Crippen molar-refractivity contribution in [1.29, 1.82) is 0 Å². The van der Waals surface area contributed by atoms with Crippen LogP contribution in [0.3, 0.4) is 0 Å². The van der Waals surface area contributed by atoms with E-state index in [4.69, 9.17) is 4.74 Å². The zero-order valence-corrected chi connectivity index (χ0v) is 20.7. The van der Waals surface area contributed by atoms with Crippen LogP contribution in [0.15, 0.2) is 104 Å². The standard InChI is InChI=1S/C31H27N3O3/c1-21(23-12-14-26(15-13-23)31(36)37-2)33-30(35)28-7-3-5-25-16-18-34(29(25)28)20-22-8-10-24(11-9-22)27-6-4-17-32-19-27/h3-19,21H,20H2,1-2H3,(H,33,35)/t21-/m0/s1. The van der Waals surface area contributed by atoms with Crippen LogP contribution in [-0.2, 0) is 11.3 Å². The number of methoxy groups -OCH3 is 1. The summed E-state index contributed by atoms with van der Waals surface area (Å²) >= 11 is 0. The molecule has 0 saturated carbocycles. The van der Waals surface area contributed by atoms with Crippen molar-refractivity contribution in [3.05, 3.63) is 126 Å². The molecule has 2 heterocycles. The highest BCUT2D eigenvalue weighted by Gasteiger charge is 2.17. The molecule has 0 spiro atoms. The fourth-order valence-corrected chi connectivity index (χ4v) is 4.49. The number of esters is 1. The normalized spacial score (nSPS) is 11.7. The predicted octanol–water partition coefficient (Wildman–Crippen LogP) is 6.03. The average molecular weight is 490 g/mol. The zero-order chi connectivity index (χ0) is 25.8. The van der Waals surface area contributed by atoms with Gasteiger partial charge in [-0.2, -0.15) is 0 Å². The van der Waals surface area contributed by atoms with Crippen molar-refractivity contribution in [3.63, 3.8) is 0 Å². The molecule has 6 nitrogen and oxygen atoms in total. The van der Waals surface area contributed by atoms with Gasteiger partial charge >= 0.3 is 5.97 Å². The first-order valence-electron chi connectivity index (χ1n) is 12.1. The highest BCUT2D eigenvalue weighted by Crippen LogP contribution is 2.24. The first-order chi connectivity index (χ1) is 18.0. The molecule has 0 aliphatic heterocycles. The van der Waals surface area contributed by atoms with Crippen LogP contribution >= 0.6 is 0 Å². The van der Waals surface area contributed by atoms with Crippen LogP contribution in [0.1, 0.15) is 44.8 Å². The second-order valence-corrected chi connectivity index (χ2v) is 8.93. The molecule has 0 unspecified atom stereocenters. The third-order valence-corrected chi connectivity index (χ3v) is 6.51. The zero-order valence-electron chi connectivity index (χ0n) is 20.7. The van der Waals surface area contributed by atoms with Crippen molar-refractivity contribution in [3.8, 4) is 11.1 Å². The number of pyridine rings is 1. The number of carbonyl (C=O) groups excluding carboxylic acids is 2. The molecule has 1 N–H and O–H groups in total. The van der Waals surface area contributed by atoms with Crippen LogP contribution in [0.5, 0.6) is 0 Å². The highest BCUT2D eigenvalue weighted by molar-refractivity contribution is 6.06. The second-order valence-electron chi connectivity index (χ2n) is 8.93. The van der Waals surface area contributed by atoms with E-state index < -0.39 is 0 Å². The fraction of sp³-hybridized carbons (Fsp3) is 0.129. The summed E-state index contributed by atoms with van der Waals surface area (Å²) in [6.07, 6.45) is 5.64. The van der Waals surface area contributed by atoms with Crippen LogP contribution in [0.25, 0.3) is 22.0 Å². The number of rotatable bonds is 7. The van der Waals surface area contributed by atoms with Crippen LogP contribution < -0.4 is 5.32 Å². The minimum atomic E-state index is -0.387. The number of aromatic nitrogens is 2. The Morgan fingerprint density at radius 1 is 0.919 bits per heavy atom. The van der Waals surface area contributed by atoms with E-state index in [0.29, 0.717) is 17.7 Å². The van der Waals surface area contributed by atoms with E-state index in [2.05, 4.69) is 39.1 Å². The summed E-state index contributed by atoms with van der Waals surface area (Å²) in [5.41, 5.74) is 6.21. The summed E-state index contributed by atoms with van der Waals surface area (Å²) in [6, 6.07) is 27.0. The second kappa shape index (κ2) is 10.5. The van der Waals surface area contributed by atoms with E-state index in [9.17, 15) is 9.59 Å². The monoisotopic (exact) mass is 489 g/mol. The van der Waals surface area contributed by atoms with Crippen molar-refractivity contribution >= 4 is 22.8 Å². The topological polar surface area (TPSA) is 73.2 Å². The Kier molecular flexibility index (Phi) is 6.81. The van der Waals surface area contributed by atoms with Gasteiger partial charge in [-0.1, -0.05) is 54.6 Å². The Morgan fingerprint density at radius 2 is 1.70 bits per heavy atom. The summed E-state index contributed by atoms with van der Waals surface area (Å²) < 4.78 is 6.87. The number of para-hydroxylation sites is 1. The lowest BCUT2D eigenvalue weighted by Crippen LogP contribution is -2.27. The Balaban J connectivity index is 1.36. The Labute approximate surface area is 215 Å². The molecule has 1 amide bonds. The van der Waals surface area contributed by atoms with Crippen molar-refractivity contribution in [2.45, 2.75) is 19.5 Å². The van der Waals surface area contributed by atoms with Gasteiger partial charge < -0.3 is 14.6 Å². The quantitative estimate of drug-likeness (QED) is 0.283. The molecule has 2 aromatic heterocycles. The molecular weight excluding hydrogens is 462 g/mol. The molecule has 1 atom stereocenters. The molecule has 0 saturated heterocycles. The molecule has 0 aliphatic carbocycles. The van der Waals surface area contributed by atoms with Gasteiger partial charge in [-0.05, 0) is 59.5 Å². The van der Waals surface area contributed by atoms with E-state index in [1.54, 1.807) is 18.3 Å². The summed E-state index contributed by atoms with van der Waals surface area (Å²) in [4.78, 5) is 29.3. The third-order valence-electron chi connectivity index (χ3n) is 6.51. The molecule has 37 heavy (non-hydrogen) atoms. The van der Waals surface area contributed by atoms with Crippen molar-refractivity contribution in [2.75, 3.05) is 7.11 Å². The highest BCUT2D eigenvalue weighted by atomic mass is 16.5. The largest absolute Gasteiger partial charge is 0.465 e. The first-order valence-corrected chi connectivity index (χ1v) is 12.1. The fourth-order valence-electron chi connectivity index (χ4n) is 4.49. The number of nitrogens with one attached hydrogen (secondary N) is 1. The van der Waals surface area contributed by atoms with Crippen LogP contribution in [0, 0.1) is 0 Å². The van der Waals surface area contributed by atoms with Gasteiger partial charge in [0.25, 0.3) is 5.91 Å². The summed E-state index contributed by atoms with van der Waals surface area (Å²) in [5.74, 6) is -0.538. The molecule has 3 aromatic carbocycles. The van der Waals surface area contributed by atoms with Gasteiger partial charge in [0.2, 0.25) is 0 Å². The molecule has 5 aromatic rings. The average Bonchev–Trinajstić information content (AvgIpc) is 3.36. The van der Waals surface area contributed by atoms with Gasteiger partial charge in [-0.3, -0.25) is 9.78 Å². The van der Waals surface area contributed by atoms with Crippen molar-refractivity contribution in [2.24, 2.45) is 0 Å². The number of amides is 1. The van der Waals surface area contributed by atoms with E-state index in [0.717, 1.165) is 33.2 Å². The molecule has 6 heteroatoms. The lowest BCUT2D eigenvalue weighted by atomic mass is 10.0. The van der Waals surface area contributed by atoms with Gasteiger partial charge in [0, 0.05) is 30.5 Å². The first kappa shape index (κ1) is 24.0. The molecule has 184 valence electrons.